The zero-order valence-corrected chi connectivity index (χ0v) is 8.74. The first-order valence-corrected chi connectivity index (χ1v) is 5.77. The Morgan fingerprint density at radius 3 is 2.27 bits per heavy atom. The van der Waals surface area contributed by atoms with Gasteiger partial charge in [-0.3, -0.25) is 4.79 Å². The largest absolute Gasteiger partial charge is 0.481 e. The molecule has 0 heterocycles. The Morgan fingerprint density at radius 1 is 1.20 bits per heavy atom. The summed E-state index contributed by atoms with van der Waals surface area (Å²) in [6.45, 7) is 0. The number of carboxylic acid groups (broad SMARTS) is 1. The summed E-state index contributed by atoms with van der Waals surface area (Å²) in [6.07, 6.45) is 6.34. The zero-order chi connectivity index (χ0) is 10.7. The number of carbonyl (C=O) groups excluding carboxylic acids is 1. The lowest BCUT2D eigenvalue weighted by Gasteiger charge is -2.58. The van der Waals surface area contributed by atoms with E-state index in [1.807, 2.05) is 0 Å². The van der Waals surface area contributed by atoms with Crippen LogP contribution < -0.4 is 0 Å². The Bertz CT molecular complexity index is 320. The van der Waals surface area contributed by atoms with Crippen LogP contribution >= 0.6 is 0 Å². The normalized spacial score (nSPS) is 51.7. The first-order valence-electron chi connectivity index (χ1n) is 5.77. The molecule has 0 amide bonds. The maximum atomic E-state index is 11.4. The number of hydrogen-bond acceptors (Lipinski definition) is 2. The van der Waals surface area contributed by atoms with E-state index in [-0.39, 0.29) is 5.41 Å². The molecule has 0 aromatic heterocycles. The third kappa shape index (κ3) is 1.12. The molecular formula is C12H16O3. The Labute approximate surface area is 88.9 Å². The molecule has 0 saturated heterocycles. The second-order valence-electron chi connectivity index (χ2n) is 6.03. The van der Waals surface area contributed by atoms with Crippen molar-refractivity contribution in [3.05, 3.63) is 0 Å². The van der Waals surface area contributed by atoms with E-state index in [4.69, 9.17) is 0 Å². The molecule has 0 aliphatic heterocycles. The molecule has 2 unspecified atom stereocenters. The molecule has 4 saturated carbocycles. The van der Waals surface area contributed by atoms with Crippen LogP contribution in [0.4, 0.5) is 0 Å². The smallest absolute Gasteiger partial charge is 0.309 e. The van der Waals surface area contributed by atoms with Crippen LogP contribution in [0.1, 0.15) is 38.5 Å². The van der Waals surface area contributed by atoms with Gasteiger partial charge in [-0.2, -0.15) is 0 Å². The summed E-state index contributed by atoms with van der Waals surface area (Å²) in [6, 6.07) is 0. The minimum absolute atomic E-state index is 0.275. The first kappa shape index (κ1) is 9.37. The molecule has 15 heavy (non-hydrogen) atoms. The number of aliphatic carboxylic acids is 1. The number of rotatable bonds is 2. The third-order valence-electron chi connectivity index (χ3n) is 4.81. The van der Waals surface area contributed by atoms with Crippen molar-refractivity contribution < 1.29 is 14.7 Å². The van der Waals surface area contributed by atoms with Crippen molar-refractivity contribution in [1.29, 1.82) is 0 Å². The molecular weight excluding hydrogens is 192 g/mol. The Kier molecular flexibility index (Phi) is 1.64. The van der Waals surface area contributed by atoms with Crippen LogP contribution in [-0.2, 0) is 9.59 Å². The van der Waals surface area contributed by atoms with E-state index in [0.29, 0.717) is 18.3 Å². The van der Waals surface area contributed by atoms with Gasteiger partial charge in [-0.25, -0.2) is 0 Å². The van der Waals surface area contributed by atoms with Crippen LogP contribution in [0.2, 0.25) is 0 Å². The molecule has 82 valence electrons. The fourth-order valence-corrected chi connectivity index (χ4v) is 4.72. The van der Waals surface area contributed by atoms with Crippen LogP contribution in [-0.4, -0.2) is 17.4 Å². The van der Waals surface area contributed by atoms with Gasteiger partial charge < -0.3 is 9.90 Å². The predicted molar refractivity (Wildman–Crippen MR) is 53.2 cm³/mol. The standard InChI is InChI=1S/C12H16O3/c13-7-11-2-8-1-9(3-11)5-12(4-8,6-11)10(14)15/h7-9H,1-6H2,(H,14,15). The van der Waals surface area contributed by atoms with Gasteiger partial charge in [0.15, 0.2) is 0 Å². The highest BCUT2D eigenvalue weighted by atomic mass is 16.4. The van der Waals surface area contributed by atoms with Crippen LogP contribution in [0.3, 0.4) is 0 Å². The van der Waals surface area contributed by atoms with Gasteiger partial charge in [0, 0.05) is 5.41 Å². The van der Waals surface area contributed by atoms with Gasteiger partial charge in [-0.05, 0) is 50.4 Å². The van der Waals surface area contributed by atoms with E-state index < -0.39 is 11.4 Å². The summed E-state index contributed by atoms with van der Waals surface area (Å²) in [5.74, 6) is 0.322. The highest BCUT2D eigenvalue weighted by Gasteiger charge is 2.60. The number of carbonyl (C=O) groups is 2. The fraction of sp³-hybridized carbons (Fsp3) is 0.833. The van der Waals surface area contributed by atoms with Gasteiger partial charge >= 0.3 is 5.97 Å². The van der Waals surface area contributed by atoms with Gasteiger partial charge in [-0.15, -0.1) is 0 Å². The Hall–Kier alpha value is -0.860. The molecule has 0 aromatic rings. The molecule has 0 radical (unpaired) electrons. The molecule has 3 heteroatoms. The number of aldehydes is 1. The molecule has 4 bridgehead atoms. The van der Waals surface area contributed by atoms with Crippen LogP contribution in [0, 0.1) is 22.7 Å². The van der Waals surface area contributed by atoms with Gasteiger partial charge in [0.2, 0.25) is 0 Å². The molecule has 4 fully saturated rings. The average Bonchev–Trinajstić information content (AvgIpc) is 2.15. The Morgan fingerprint density at radius 2 is 1.80 bits per heavy atom. The van der Waals surface area contributed by atoms with Crippen molar-refractivity contribution in [3.8, 4) is 0 Å². The lowest BCUT2D eigenvalue weighted by atomic mass is 9.44. The van der Waals surface area contributed by atoms with Crippen molar-refractivity contribution in [3.63, 3.8) is 0 Å². The summed E-state index contributed by atoms with van der Waals surface area (Å²) < 4.78 is 0. The van der Waals surface area contributed by atoms with Gasteiger partial charge in [0.1, 0.15) is 6.29 Å². The quantitative estimate of drug-likeness (QED) is 0.705. The molecule has 4 aliphatic carbocycles. The van der Waals surface area contributed by atoms with Crippen molar-refractivity contribution in [2.45, 2.75) is 38.5 Å². The first-order chi connectivity index (χ1) is 7.07. The van der Waals surface area contributed by atoms with Crippen molar-refractivity contribution >= 4 is 12.3 Å². The van der Waals surface area contributed by atoms with Gasteiger partial charge in [0.25, 0.3) is 0 Å². The number of carboxylic acids is 1. The highest BCUT2D eigenvalue weighted by molar-refractivity contribution is 5.77. The fourth-order valence-electron chi connectivity index (χ4n) is 4.72. The second-order valence-corrected chi connectivity index (χ2v) is 6.03. The van der Waals surface area contributed by atoms with E-state index in [1.165, 1.54) is 0 Å². The number of hydrogen-bond donors (Lipinski definition) is 1. The van der Waals surface area contributed by atoms with Crippen molar-refractivity contribution in [2.24, 2.45) is 22.7 Å². The maximum Gasteiger partial charge on any atom is 0.309 e. The summed E-state index contributed by atoms with van der Waals surface area (Å²) in [5, 5.41) is 9.37. The monoisotopic (exact) mass is 208 g/mol. The van der Waals surface area contributed by atoms with E-state index in [1.54, 1.807) is 0 Å². The lowest BCUT2D eigenvalue weighted by molar-refractivity contribution is -0.174. The summed E-state index contributed by atoms with van der Waals surface area (Å²) in [5.41, 5.74) is -0.826. The molecule has 2 atom stereocenters. The maximum absolute atomic E-state index is 11.4. The van der Waals surface area contributed by atoms with Crippen LogP contribution in [0.5, 0.6) is 0 Å². The second kappa shape index (κ2) is 2.63. The molecule has 3 nitrogen and oxygen atoms in total. The molecule has 0 aromatic carbocycles. The predicted octanol–water partition coefficient (Wildman–Crippen LogP) is 1.86. The minimum Gasteiger partial charge on any atom is -0.481 e. The summed E-state index contributed by atoms with van der Waals surface area (Å²) in [4.78, 5) is 22.6. The molecule has 4 rings (SSSR count). The summed E-state index contributed by atoms with van der Waals surface area (Å²) in [7, 11) is 0. The van der Waals surface area contributed by atoms with E-state index in [9.17, 15) is 14.7 Å². The van der Waals surface area contributed by atoms with E-state index in [2.05, 4.69) is 0 Å². The average molecular weight is 208 g/mol. The Balaban J connectivity index is 2.02. The molecule has 4 aliphatic rings. The van der Waals surface area contributed by atoms with Crippen LogP contribution in [0.15, 0.2) is 0 Å². The summed E-state index contributed by atoms with van der Waals surface area (Å²) >= 11 is 0. The van der Waals surface area contributed by atoms with Gasteiger partial charge in [-0.1, -0.05) is 0 Å². The minimum atomic E-state index is -0.664. The molecule has 0 spiro atoms. The third-order valence-corrected chi connectivity index (χ3v) is 4.81. The van der Waals surface area contributed by atoms with E-state index in [0.717, 1.165) is 38.4 Å². The van der Waals surface area contributed by atoms with Gasteiger partial charge in [0.05, 0.1) is 5.41 Å². The van der Waals surface area contributed by atoms with Crippen molar-refractivity contribution in [2.75, 3.05) is 0 Å². The zero-order valence-electron chi connectivity index (χ0n) is 8.74. The van der Waals surface area contributed by atoms with Crippen LogP contribution in [0.25, 0.3) is 0 Å². The highest BCUT2D eigenvalue weighted by Crippen LogP contribution is 2.64. The SMILES string of the molecule is O=CC12CC3CC(C1)CC(C(=O)O)(C3)C2. The molecule has 1 N–H and O–H groups in total. The lowest BCUT2D eigenvalue weighted by Crippen LogP contribution is -2.55. The van der Waals surface area contributed by atoms with E-state index >= 15 is 0 Å². The topological polar surface area (TPSA) is 54.4 Å². The van der Waals surface area contributed by atoms with Crippen molar-refractivity contribution in [1.82, 2.24) is 0 Å².